The van der Waals surface area contributed by atoms with Crippen LogP contribution < -0.4 is 10.6 Å². The first kappa shape index (κ1) is 30.4. The van der Waals surface area contributed by atoms with Gasteiger partial charge in [-0.25, -0.2) is 0 Å². The molecule has 1 atom stereocenters. The van der Waals surface area contributed by atoms with Crippen molar-refractivity contribution in [2.24, 2.45) is 46.3 Å². The second-order valence-corrected chi connectivity index (χ2v) is 21.4. The van der Waals surface area contributed by atoms with Crippen LogP contribution in [0.4, 0.5) is 0 Å². The van der Waals surface area contributed by atoms with E-state index in [1.165, 1.54) is 93.2 Å². The summed E-state index contributed by atoms with van der Waals surface area (Å²) in [7, 11) is 3.23. The van der Waals surface area contributed by atoms with Crippen molar-refractivity contribution in [1.82, 2.24) is 9.97 Å². The highest BCUT2D eigenvalue weighted by Crippen LogP contribution is 2.78. The Morgan fingerprint density at radius 1 is 0.674 bits per heavy atom. The molecule has 0 aliphatic heterocycles. The SMILES string of the molecule is CC(C)(C)c1ccc(C(P)(C23CC4CC(CC(C4)C2)C3)C23CC4CC(CC(C4)C2)C3)c(CP(c2cccnc2)c2cccnc2)c1. The molecule has 4 heteroatoms. The fourth-order valence-corrected chi connectivity index (χ4v) is 16.6. The molecule has 0 N–H and O–H groups in total. The monoisotopic (exact) mass is 648 g/mol. The summed E-state index contributed by atoms with van der Waals surface area (Å²) >= 11 is 0. The molecule has 8 saturated carbocycles. The van der Waals surface area contributed by atoms with E-state index in [1.807, 2.05) is 12.4 Å². The molecule has 8 aliphatic carbocycles. The zero-order valence-electron chi connectivity index (χ0n) is 28.4. The minimum atomic E-state index is -0.639. The van der Waals surface area contributed by atoms with E-state index < -0.39 is 7.92 Å². The highest BCUT2D eigenvalue weighted by atomic mass is 31.1. The molecule has 8 aliphatic rings. The molecule has 2 aromatic heterocycles. The lowest BCUT2D eigenvalue weighted by atomic mass is 9.37. The summed E-state index contributed by atoms with van der Waals surface area (Å²) in [5.74, 6) is 5.75. The summed E-state index contributed by atoms with van der Waals surface area (Å²) in [6.07, 6.45) is 27.2. The summed E-state index contributed by atoms with van der Waals surface area (Å²) < 4.78 is 0. The number of nitrogens with zero attached hydrogens (tertiary/aromatic N) is 2. The van der Waals surface area contributed by atoms with E-state index in [-0.39, 0.29) is 10.6 Å². The van der Waals surface area contributed by atoms with Crippen molar-refractivity contribution in [1.29, 1.82) is 0 Å². The molecule has 8 bridgehead atoms. The predicted molar refractivity (Wildman–Crippen MR) is 196 cm³/mol. The van der Waals surface area contributed by atoms with E-state index in [2.05, 4.69) is 94.8 Å². The molecular formula is C42H54N2P2. The van der Waals surface area contributed by atoms with Crippen LogP contribution in [0.5, 0.6) is 0 Å². The Labute approximate surface area is 281 Å². The Kier molecular flexibility index (Phi) is 7.24. The molecule has 11 rings (SSSR count). The first-order valence-corrected chi connectivity index (χ1v) is 20.7. The molecule has 2 nitrogen and oxygen atoms in total. The molecule has 8 fully saturated rings. The highest BCUT2D eigenvalue weighted by Gasteiger charge is 2.69. The number of hydrogen-bond acceptors (Lipinski definition) is 2. The topological polar surface area (TPSA) is 25.8 Å². The quantitative estimate of drug-likeness (QED) is 0.238. The van der Waals surface area contributed by atoms with E-state index in [0.29, 0.717) is 10.8 Å². The Morgan fingerprint density at radius 3 is 1.48 bits per heavy atom. The number of benzene rings is 1. The Morgan fingerprint density at radius 2 is 1.11 bits per heavy atom. The average molecular weight is 649 g/mol. The van der Waals surface area contributed by atoms with E-state index in [9.17, 15) is 0 Å². The molecule has 46 heavy (non-hydrogen) atoms. The summed E-state index contributed by atoms with van der Waals surface area (Å²) in [6, 6.07) is 16.9. The minimum Gasteiger partial charge on any atom is -0.264 e. The van der Waals surface area contributed by atoms with Crippen molar-refractivity contribution in [3.8, 4) is 0 Å². The summed E-state index contributed by atoms with van der Waals surface area (Å²) in [6.45, 7) is 7.22. The third-order valence-electron chi connectivity index (χ3n) is 14.4. The second kappa shape index (κ2) is 10.9. The fraction of sp³-hybridized carbons (Fsp3) is 0.619. The molecule has 242 valence electrons. The van der Waals surface area contributed by atoms with Crippen LogP contribution in [0.3, 0.4) is 0 Å². The lowest BCUT2D eigenvalue weighted by Gasteiger charge is -2.72. The van der Waals surface area contributed by atoms with Gasteiger partial charge in [-0.1, -0.05) is 51.1 Å². The van der Waals surface area contributed by atoms with Gasteiger partial charge in [-0.05, 0) is 176 Å². The largest absolute Gasteiger partial charge is 0.264 e. The predicted octanol–water partition coefficient (Wildman–Crippen LogP) is 9.91. The number of rotatable bonds is 7. The normalized spacial score (nSPS) is 37.2. The number of aromatic nitrogens is 2. The van der Waals surface area contributed by atoms with Gasteiger partial charge >= 0.3 is 0 Å². The Bertz CT molecular complexity index is 1440. The molecule has 1 aromatic carbocycles. The van der Waals surface area contributed by atoms with Gasteiger partial charge in [0.25, 0.3) is 0 Å². The lowest BCUT2D eigenvalue weighted by molar-refractivity contribution is -0.158. The highest BCUT2D eigenvalue weighted by molar-refractivity contribution is 7.72. The van der Waals surface area contributed by atoms with Crippen LogP contribution in [0.1, 0.15) is 115 Å². The van der Waals surface area contributed by atoms with Gasteiger partial charge < -0.3 is 0 Å². The van der Waals surface area contributed by atoms with Crippen LogP contribution in [-0.4, -0.2) is 9.97 Å². The molecule has 1 unspecified atom stereocenters. The van der Waals surface area contributed by atoms with Gasteiger partial charge in [0.1, 0.15) is 0 Å². The zero-order valence-corrected chi connectivity index (χ0v) is 30.5. The first-order valence-electron chi connectivity index (χ1n) is 18.6. The molecule has 0 radical (unpaired) electrons. The third kappa shape index (κ3) is 4.77. The van der Waals surface area contributed by atoms with Gasteiger partial charge in [0.05, 0.1) is 0 Å². The van der Waals surface area contributed by atoms with Crippen LogP contribution >= 0.6 is 17.2 Å². The Balaban J connectivity index is 1.26. The van der Waals surface area contributed by atoms with Gasteiger partial charge in [-0.3, -0.25) is 9.97 Å². The van der Waals surface area contributed by atoms with Crippen molar-refractivity contribution in [3.63, 3.8) is 0 Å². The standard InChI is InChI=1S/C42H54N2P2/c1-39(2,3)35-8-9-38(34(18-35)27-46(36-6-4-10-43-25-36)37-7-5-11-44-26-37)42(45,40-19-28-12-29(20-40)14-30(13-28)21-40)41-22-31-15-32(23-41)17-33(16-31)24-41/h4-11,18,25-26,28-33H,12-17,19-24,27,45H2,1-3H3. The van der Waals surface area contributed by atoms with Crippen LogP contribution in [0.25, 0.3) is 0 Å². The molecule has 0 saturated heterocycles. The third-order valence-corrected chi connectivity index (χ3v) is 18.4. The van der Waals surface area contributed by atoms with Gasteiger partial charge in [0, 0.05) is 36.1 Å². The smallest absolute Gasteiger partial charge is 0.0348 e. The summed E-state index contributed by atoms with van der Waals surface area (Å²) in [5.41, 5.74) is 5.80. The maximum absolute atomic E-state index is 4.65. The summed E-state index contributed by atoms with van der Waals surface area (Å²) in [4.78, 5) is 9.29. The average Bonchev–Trinajstić information content (AvgIpc) is 3.02. The van der Waals surface area contributed by atoms with Crippen LogP contribution in [0, 0.1) is 46.3 Å². The minimum absolute atomic E-state index is 0.115. The molecule has 2 heterocycles. The maximum atomic E-state index is 4.65. The summed E-state index contributed by atoms with van der Waals surface area (Å²) in [5, 5.41) is 2.89. The van der Waals surface area contributed by atoms with Crippen molar-refractivity contribution in [2.75, 3.05) is 0 Å². The molecule has 3 aromatic rings. The van der Waals surface area contributed by atoms with Crippen molar-refractivity contribution in [3.05, 3.63) is 83.9 Å². The number of pyridine rings is 2. The van der Waals surface area contributed by atoms with E-state index in [4.69, 9.17) is 0 Å². The van der Waals surface area contributed by atoms with E-state index in [0.717, 1.165) is 41.7 Å². The molecule has 0 spiro atoms. The van der Waals surface area contributed by atoms with Crippen molar-refractivity contribution in [2.45, 2.75) is 115 Å². The maximum Gasteiger partial charge on any atom is 0.0348 e. The number of hydrogen-bond donors (Lipinski definition) is 0. The van der Waals surface area contributed by atoms with Crippen LogP contribution in [0.15, 0.2) is 67.3 Å². The zero-order chi connectivity index (χ0) is 31.3. The Hall–Kier alpha value is -1.62. The van der Waals surface area contributed by atoms with Crippen LogP contribution in [-0.2, 0) is 16.7 Å². The van der Waals surface area contributed by atoms with E-state index in [1.54, 1.807) is 11.1 Å². The van der Waals surface area contributed by atoms with E-state index >= 15 is 0 Å². The van der Waals surface area contributed by atoms with Gasteiger partial charge in [0.15, 0.2) is 0 Å². The first-order chi connectivity index (χ1) is 22.1. The van der Waals surface area contributed by atoms with Crippen molar-refractivity contribution < 1.29 is 0 Å². The lowest BCUT2D eigenvalue weighted by Crippen LogP contribution is -2.64. The second-order valence-electron chi connectivity index (χ2n) is 18.3. The molecule has 0 amide bonds. The van der Waals surface area contributed by atoms with Gasteiger partial charge in [-0.2, -0.15) is 0 Å². The van der Waals surface area contributed by atoms with Gasteiger partial charge in [-0.15, -0.1) is 9.24 Å². The van der Waals surface area contributed by atoms with Crippen LogP contribution in [0.2, 0.25) is 0 Å². The van der Waals surface area contributed by atoms with Gasteiger partial charge in [0.2, 0.25) is 0 Å². The fourth-order valence-electron chi connectivity index (χ4n) is 13.4. The molecular weight excluding hydrogens is 594 g/mol. The van der Waals surface area contributed by atoms with Crippen molar-refractivity contribution >= 4 is 27.8 Å².